The number of anilines is 2. The van der Waals surface area contributed by atoms with E-state index in [1.54, 1.807) is 0 Å². The van der Waals surface area contributed by atoms with Crippen LogP contribution in [0.4, 0.5) is 11.6 Å². The highest BCUT2D eigenvalue weighted by molar-refractivity contribution is 6.02. The van der Waals surface area contributed by atoms with Crippen molar-refractivity contribution < 1.29 is 4.79 Å². The number of nitrogens with one attached hydrogen (secondary N) is 2. The second-order valence-corrected chi connectivity index (χ2v) is 6.73. The van der Waals surface area contributed by atoms with E-state index in [2.05, 4.69) is 26.7 Å². The Labute approximate surface area is 141 Å². The summed E-state index contributed by atoms with van der Waals surface area (Å²) in [5.74, 6) is 1.27. The van der Waals surface area contributed by atoms with Crippen molar-refractivity contribution in [3.63, 3.8) is 0 Å². The number of benzene rings is 1. The number of carbonyl (C=O) groups is 1. The summed E-state index contributed by atoms with van der Waals surface area (Å²) in [5, 5.41) is 6.25. The predicted octanol–water partition coefficient (Wildman–Crippen LogP) is 3.59. The Hall–Kier alpha value is -2.43. The van der Waals surface area contributed by atoms with Gasteiger partial charge in [0.05, 0.1) is 5.92 Å². The lowest BCUT2D eigenvalue weighted by atomic mass is 9.83. The third-order valence-electron chi connectivity index (χ3n) is 5.02. The third kappa shape index (κ3) is 2.86. The summed E-state index contributed by atoms with van der Waals surface area (Å²) < 4.78 is 0. The average Bonchev–Trinajstić information content (AvgIpc) is 2.81. The fourth-order valence-corrected chi connectivity index (χ4v) is 3.48. The first-order valence-corrected chi connectivity index (χ1v) is 8.70. The predicted molar refractivity (Wildman–Crippen MR) is 94.3 cm³/mol. The smallest absolute Gasteiger partial charge is 0.232 e. The Morgan fingerprint density at radius 2 is 2.08 bits per heavy atom. The normalized spacial score (nSPS) is 19.5. The molecule has 1 aromatic carbocycles. The first-order chi connectivity index (χ1) is 11.7. The van der Waals surface area contributed by atoms with Crippen LogP contribution in [0.3, 0.4) is 0 Å². The molecule has 0 spiro atoms. The van der Waals surface area contributed by atoms with E-state index in [-0.39, 0.29) is 11.8 Å². The maximum absolute atomic E-state index is 12.1. The maximum Gasteiger partial charge on any atom is 0.232 e. The van der Waals surface area contributed by atoms with E-state index in [0.29, 0.717) is 18.4 Å². The number of rotatable bonds is 5. The number of aromatic nitrogens is 2. The van der Waals surface area contributed by atoms with Crippen LogP contribution in [-0.2, 0) is 4.79 Å². The topological polar surface area (TPSA) is 66.9 Å². The van der Waals surface area contributed by atoms with Gasteiger partial charge in [0.1, 0.15) is 0 Å². The van der Waals surface area contributed by atoms with E-state index in [9.17, 15) is 4.79 Å². The van der Waals surface area contributed by atoms with Crippen LogP contribution < -0.4 is 10.6 Å². The zero-order valence-electron chi connectivity index (χ0n) is 13.9. The van der Waals surface area contributed by atoms with Gasteiger partial charge >= 0.3 is 0 Å². The minimum atomic E-state index is -0.0930. The molecule has 2 aromatic rings. The molecular weight excluding hydrogens is 300 g/mol. The van der Waals surface area contributed by atoms with Crippen molar-refractivity contribution in [2.75, 3.05) is 17.2 Å². The summed E-state index contributed by atoms with van der Waals surface area (Å²) in [5.41, 5.74) is 4.18. The van der Waals surface area contributed by atoms with Crippen LogP contribution in [0.5, 0.6) is 0 Å². The molecule has 24 heavy (non-hydrogen) atoms. The highest BCUT2D eigenvalue weighted by Gasteiger charge is 2.29. The quantitative estimate of drug-likeness (QED) is 0.883. The summed E-state index contributed by atoms with van der Waals surface area (Å²) in [7, 11) is 0. The molecule has 2 heterocycles. The second-order valence-electron chi connectivity index (χ2n) is 6.73. The third-order valence-corrected chi connectivity index (χ3v) is 5.02. The van der Waals surface area contributed by atoms with Crippen LogP contribution in [-0.4, -0.2) is 22.4 Å². The molecule has 1 aliphatic heterocycles. The average molecular weight is 322 g/mol. The van der Waals surface area contributed by atoms with Crippen molar-refractivity contribution in [2.45, 2.75) is 44.4 Å². The summed E-state index contributed by atoms with van der Waals surface area (Å²) in [6.07, 6.45) is 4.50. The number of carbonyl (C=O) groups excluding carboxylic acids is 1. The van der Waals surface area contributed by atoms with Gasteiger partial charge in [0, 0.05) is 29.5 Å². The number of aryl methyl sites for hydroxylation is 1. The molecule has 5 heteroatoms. The van der Waals surface area contributed by atoms with E-state index in [1.165, 1.54) is 19.3 Å². The van der Waals surface area contributed by atoms with Gasteiger partial charge in [-0.05, 0) is 43.9 Å². The lowest BCUT2D eigenvalue weighted by Gasteiger charge is -2.25. The van der Waals surface area contributed by atoms with Crippen LogP contribution in [0.15, 0.2) is 30.3 Å². The summed E-state index contributed by atoms with van der Waals surface area (Å²) in [6.45, 7) is 2.69. The standard InChI is InChI=1S/C19H22N4O/c1-12-11-17(13-5-4-6-13)23-19(21-12)20-10-9-15-14-7-2-3-8-16(14)22-18(15)24/h2-3,7-8,11,13,15H,4-6,9-10H2,1H3,(H,22,24)(H,20,21,23). The molecule has 1 atom stereocenters. The first-order valence-electron chi connectivity index (χ1n) is 8.70. The van der Waals surface area contributed by atoms with Crippen molar-refractivity contribution in [1.82, 2.24) is 9.97 Å². The summed E-state index contributed by atoms with van der Waals surface area (Å²) >= 11 is 0. The molecule has 2 N–H and O–H groups in total. The SMILES string of the molecule is Cc1cc(C2CCC2)nc(NCCC2C(=O)Nc3ccccc32)n1. The molecule has 1 aromatic heterocycles. The van der Waals surface area contributed by atoms with Crippen LogP contribution in [0, 0.1) is 6.92 Å². The van der Waals surface area contributed by atoms with Crippen LogP contribution in [0.25, 0.3) is 0 Å². The molecule has 4 rings (SSSR count). The Bertz CT molecular complexity index is 770. The van der Waals surface area contributed by atoms with E-state index < -0.39 is 0 Å². The monoisotopic (exact) mass is 322 g/mol. The molecule has 1 aliphatic carbocycles. The van der Waals surface area contributed by atoms with Gasteiger partial charge in [-0.2, -0.15) is 0 Å². The number of hydrogen-bond donors (Lipinski definition) is 2. The van der Waals surface area contributed by atoms with Gasteiger partial charge in [-0.15, -0.1) is 0 Å². The zero-order valence-corrected chi connectivity index (χ0v) is 13.9. The van der Waals surface area contributed by atoms with E-state index >= 15 is 0 Å². The fraction of sp³-hybridized carbons (Fsp3) is 0.421. The van der Waals surface area contributed by atoms with Crippen LogP contribution in [0.2, 0.25) is 0 Å². The van der Waals surface area contributed by atoms with E-state index in [0.717, 1.165) is 29.1 Å². The molecular formula is C19H22N4O. The van der Waals surface area contributed by atoms with Crippen LogP contribution >= 0.6 is 0 Å². The number of para-hydroxylation sites is 1. The van der Waals surface area contributed by atoms with Gasteiger partial charge in [-0.3, -0.25) is 4.79 Å². The largest absolute Gasteiger partial charge is 0.354 e. The van der Waals surface area contributed by atoms with Gasteiger partial charge in [0.25, 0.3) is 0 Å². The molecule has 1 fully saturated rings. The van der Waals surface area contributed by atoms with E-state index in [1.807, 2.05) is 31.2 Å². The minimum Gasteiger partial charge on any atom is -0.354 e. The molecule has 1 amide bonds. The molecule has 0 radical (unpaired) electrons. The molecule has 0 bridgehead atoms. The number of fused-ring (bicyclic) bond motifs is 1. The van der Waals surface area contributed by atoms with Crippen molar-refractivity contribution in [2.24, 2.45) is 0 Å². The van der Waals surface area contributed by atoms with Gasteiger partial charge in [0.2, 0.25) is 11.9 Å². The summed E-state index contributed by atoms with van der Waals surface area (Å²) in [4.78, 5) is 21.3. The Morgan fingerprint density at radius 3 is 2.88 bits per heavy atom. The van der Waals surface area contributed by atoms with E-state index in [4.69, 9.17) is 0 Å². The summed E-state index contributed by atoms with van der Waals surface area (Å²) in [6, 6.07) is 10.00. The molecule has 5 nitrogen and oxygen atoms in total. The fourth-order valence-electron chi connectivity index (χ4n) is 3.48. The lowest BCUT2D eigenvalue weighted by Crippen LogP contribution is -2.17. The van der Waals surface area contributed by atoms with Crippen molar-refractivity contribution in [3.8, 4) is 0 Å². The highest BCUT2D eigenvalue weighted by atomic mass is 16.2. The van der Waals surface area contributed by atoms with Crippen molar-refractivity contribution in [3.05, 3.63) is 47.3 Å². The van der Waals surface area contributed by atoms with Crippen molar-refractivity contribution in [1.29, 1.82) is 0 Å². The highest BCUT2D eigenvalue weighted by Crippen LogP contribution is 2.36. The lowest BCUT2D eigenvalue weighted by molar-refractivity contribution is -0.117. The number of hydrogen-bond acceptors (Lipinski definition) is 4. The molecule has 0 saturated heterocycles. The van der Waals surface area contributed by atoms with Gasteiger partial charge < -0.3 is 10.6 Å². The Morgan fingerprint density at radius 1 is 1.25 bits per heavy atom. The van der Waals surface area contributed by atoms with Crippen LogP contribution in [0.1, 0.15) is 54.5 Å². The first kappa shape index (κ1) is 15.1. The Kier molecular flexibility index (Phi) is 3.92. The number of nitrogens with zero attached hydrogens (tertiary/aromatic N) is 2. The van der Waals surface area contributed by atoms with Gasteiger partial charge in [-0.25, -0.2) is 9.97 Å². The van der Waals surface area contributed by atoms with Gasteiger partial charge in [0.15, 0.2) is 0 Å². The van der Waals surface area contributed by atoms with Gasteiger partial charge in [-0.1, -0.05) is 24.6 Å². The molecule has 1 saturated carbocycles. The molecule has 1 unspecified atom stereocenters. The maximum atomic E-state index is 12.1. The zero-order chi connectivity index (χ0) is 16.5. The minimum absolute atomic E-state index is 0.0818. The molecule has 2 aliphatic rings. The van der Waals surface area contributed by atoms with Crippen molar-refractivity contribution >= 4 is 17.5 Å². The molecule has 124 valence electrons. The second kappa shape index (κ2) is 6.23. The number of amides is 1. The Balaban J connectivity index is 1.41.